The Morgan fingerprint density at radius 1 is 1.22 bits per heavy atom. The second-order valence-electron chi connectivity index (χ2n) is 5.70. The monoisotopic (exact) mass is 310 g/mol. The van der Waals surface area contributed by atoms with Crippen LogP contribution in [-0.2, 0) is 0 Å². The van der Waals surface area contributed by atoms with E-state index in [1.807, 2.05) is 0 Å². The molecular weight excluding hydrogens is 288 g/mol. The third-order valence-corrected chi connectivity index (χ3v) is 4.34. The molecule has 1 saturated heterocycles. The highest BCUT2D eigenvalue weighted by Gasteiger charge is 2.27. The van der Waals surface area contributed by atoms with Crippen molar-refractivity contribution in [2.24, 2.45) is 17.6 Å². The first-order chi connectivity index (χ1) is 8.60. The minimum Gasteiger partial charge on any atom is -0.329 e. The van der Waals surface area contributed by atoms with Crippen LogP contribution in [0.15, 0.2) is 28.7 Å². The number of benzene rings is 1. The van der Waals surface area contributed by atoms with Crippen LogP contribution in [0.3, 0.4) is 0 Å². The normalized spacial score (nSPS) is 27.1. The highest BCUT2D eigenvalue weighted by molar-refractivity contribution is 9.10. The summed E-state index contributed by atoms with van der Waals surface area (Å²) in [5, 5.41) is 0. The van der Waals surface area contributed by atoms with Gasteiger partial charge in [-0.25, -0.2) is 0 Å². The van der Waals surface area contributed by atoms with Crippen LogP contribution in [0.4, 0.5) is 0 Å². The van der Waals surface area contributed by atoms with E-state index in [0.29, 0.717) is 12.6 Å². The standard InChI is InChI=1S/C15H23BrN2/c1-11-7-12(2)10-18(9-11)15(8-17)13-3-5-14(16)6-4-13/h3-6,11-12,15H,7-10,17H2,1-2H3. The molecule has 18 heavy (non-hydrogen) atoms. The van der Waals surface area contributed by atoms with Crippen molar-refractivity contribution in [3.05, 3.63) is 34.3 Å². The summed E-state index contributed by atoms with van der Waals surface area (Å²) in [4.78, 5) is 2.56. The van der Waals surface area contributed by atoms with Crippen LogP contribution < -0.4 is 5.73 Å². The average Bonchev–Trinajstić information content (AvgIpc) is 2.31. The largest absolute Gasteiger partial charge is 0.329 e. The van der Waals surface area contributed by atoms with Gasteiger partial charge < -0.3 is 5.73 Å². The fraction of sp³-hybridized carbons (Fsp3) is 0.600. The molecule has 0 aromatic heterocycles. The van der Waals surface area contributed by atoms with Gasteiger partial charge in [0.15, 0.2) is 0 Å². The van der Waals surface area contributed by atoms with Crippen LogP contribution in [0.1, 0.15) is 31.9 Å². The van der Waals surface area contributed by atoms with Crippen molar-refractivity contribution in [1.29, 1.82) is 0 Å². The van der Waals surface area contributed by atoms with Crippen molar-refractivity contribution in [2.45, 2.75) is 26.3 Å². The summed E-state index contributed by atoms with van der Waals surface area (Å²) in [5.74, 6) is 1.55. The first-order valence-corrected chi connectivity index (χ1v) is 7.59. The number of nitrogens with zero attached hydrogens (tertiary/aromatic N) is 1. The van der Waals surface area contributed by atoms with Gasteiger partial charge in [-0.05, 0) is 36.0 Å². The van der Waals surface area contributed by atoms with E-state index in [9.17, 15) is 0 Å². The van der Waals surface area contributed by atoms with Crippen molar-refractivity contribution in [2.75, 3.05) is 19.6 Å². The molecule has 0 radical (unpaired) electrons. The number of hydrogen-bond acceptors (Lipinski definition) is 2. The van der Waals surface area contributed by atoms with Crippen LogP contribution in [0.25, 0.3) is 0 Å². The van der Waals surface area contributed by atoms with Crippen LogP contribution in [0.2, 0.25) is 0 Å². The smallest absolute Gasteiger partial charge is 0.0470 e. The summed E-state index contributed by atoms with van der Waals surface area (Å²) in [6.45, 7) is 7.72. The second kappa shape index (κ2) is 6.18. The van der Waals surface area contributed by atoms with Crippen LogP contribution >= 0.6 is 15.9 Å². The zero-order valence-electron chi connectivity index (χ0n) is 11.3. The summed E-state index contributed by atoms with van der Waals surface area (Å²) < 4.78 is 1.13. The van der Waals surface area contributed by atoms with Gasteiger partial charge in [-0.15, -0.1) is 0 Å². The van der Waals surface area contributed by atoms with E-state index in [1.165, 1.54) is 25.1 Å². The minimum absolute atomic E-state index is 0.364. The molecule has 3 unspecified atom stereocenters. The van der Waals surface area contributed by atoms with E-state index in [1.54, 1.807) is 0 Å². The average molecular weight is 311 g/mol. The Morgan fingerprint density at radius 2 is 1.78 bits per heavy atom. The SMILES string of the molecule is CC1CC(C)CN(C(CN)c2ccc(Br)cc2)C1. The number of halogens is 1. The van der Waals surface area contributed by atoms with Crippen molar-refractivity contribution < 1.29 is 0 Å². The predicted octanol–water partition coefficient (Wildman–Crippen LogP) is 3.43. The van der Waals surface area contributed by atoms with Crippen molar-refractivity contribution in [3.8, 4) is 0 Å². The molecule has 100 valence electrons. The Bertz CT molecular complexity index is 367. The summed E-state index contributed by atoms with van der Waals surface area (Å²) >= 11 is 3.49. The molecule has 2 N–H and O–H groups in total. The Hall–Kier alpha value is -0.380. The highest BCUT2D eigenvalue weighted by Crippen LogP contribution is 2.29. The molecule has 0 bridgehead atoms. The van der Waals surface area contributed by atoms with Crippen LogP contribution in [0, 0.1) is 11.8 Å². The Balaban J connectivity index is 2.14. The van der Waals surface area contributed by atoms with E-state index in [-0.39, 0.29) is 0 Å². The Morgan fingerprint density at radius 3 is 2.28 bits per heavy atom. The molecule has 1 aliphatic rings. The lowest BCUT2D eigenvalue weighted by molar-refractivity contribution is 0.0984. The second-order valence-corrected chi connectivity index (χ2v) is 6.62. The molecule has 0 saturated carbocycles. The summed E-state index contributed by atoms with van der Waals surface area (Å²) in [7, 11) is 0. The third kappa shape index (κ3) is 3.34. The summed E-state index contributed by atoms with van der Waals surface area (Å²) in [6.07, 6.45) is 1.34. The molecule has 1 fully saturated rings. The molecule has 0 aliphatic carbocycles. The quantitative estimate of drug-likeness (QED) is 0.927. The zero-order chi connectivity index (χ0) is 13.1. The molecule has 1 aromatic carbocycles. The molecule has 1 aromatic rings. The molecule has 0 amide bonds. The number of piperidine rings is 1. The number of likely N-dealkylation sites (tertiary alicyclic amines) is 1. The maximum Gasteiger partial charge on any atom is 0.0470 e. The van der Waals surface area contributed by atoms with Gasteiger partial charge in [0.2, 0.25) is 0 Å². The summed E-state index contributed by atoms with van der Waals surface area (Å²) in [6, 6.07) is 8.95. The Kier molecular flexibility index (Phi) is 4.82. The lowest BCUT2D eigenvalue weighted by Crippen LogP contribution is -2.43. The molecule has 3 heteroatoms. The van der Waals surface area contributed by atoms with E-state index >= 15 is 0 Å². The molecule has 0 spiro atoms. The van der Waals surface area contributed by atoms with Gasteiger partial charge in [-0.3, -0.25) is 4.90 Å². The topological polar surface area (TPSA) is 29.3 Å². The van der Waals surface area contributed by atoms with Gasteiger partial charge in [0, 0.05) is 30.1 Å². The molecular formula is C15H23BrN2. The number of hydrogen-bond donors (Lipinski definition) is 1. The third-order valence-electron chi connectivity index (χ3n) is 3.82. The number of rotatable bonds is 3. The van der Waals surface area contributed by atoms with E-state index in [2.05, 4.69) is 58.9 Å². The van der Waals surface area contributed by atoms with E-state index in [0.717, 1.165) is 16.3 Å². The molecule has 1 aliphatic heterocycles. The van der Waals surface area contributed by atoms with Gasteiger partial charge in [0.05, 0.1) is 0 Å². The van der Waals surface area contributed by atoms with Crippen LogP contribution in [0.5, 0.6) is 0 Å². The van der Waals surface area contributed by atoms with E-state index in [4.69, 9.17) is 5.73 Å². The van der Waals surface area contributed by atoms with Gasteiger partial charge in [-0.2, -0.15) is 0 Å². The van der Waals surface area contributed by atoms with Gasteiger partial charge in [0.1, 0.15) is 0 Å². The summed E-state index contributed by atoms with van der Waals surface area (Å²) in [5.41, 5.74) is 7.35. The maximum atomic E-state index is 6.01. The first-order valence-electron chi connectivity index (χ1n) is 6.79. The molecule has 1 heterocycles. The van der Waals surface area contributed by atoms with Gasteiger partial charge in [0.25, 0.3) is 0 Å². The van der Waals surface area contributed by atoms with Crippen LogP contribution in [-0.4, -0.2) is 24.5 Å². The minimum atomic E-state index is 0.364. The van der Waals surface area contributed by atoms with E-state index < -0.39 is 0 Å². The molecule has 2 nitrogen and oxygen atoms in total. The number of nitrogens with two attached hydrogens (primary N) is 1. The lowest BCUT2D eigenvalue weighted by Gasteiger charge is -2.40. The van der Waals surface area contributed by atoms with Gasteiger partial charge >= 0.3 is 0 Å². The fourth-order valence-corrected chi connectivity index (χ4v) is 3.41. The first kappa shape index (κ1) is 14.0. The Labute approximate surface area is 119 Å². The maximum absolute atomic E-state index is 6.01. The molecule has 2 rings (SSSR count). The molecule has 3 atom stereocenters. The highest BCUT2D eigenvalue weighted by atomic mass is 79.9. The van der Waals surface area contributed by atoms with Gasteiger partial charge in [-0.1, -0.05) is 41.9 Å². The van der Waals surface area contributed by atoms with Crippen molar-refractivity contribution in [3.63, 3.8) is 0 Å². The zero-order valence-corrected chi connectivity index (χ0v) is 12.9. The predicted molar refractivity (Wildman–Crippen MR) is 80.5 cm³/mol. The lowest BCUT2D eigenvalue weighted by atomic mass is 9.90. The van der Waals surface area contributed by atoms with Crippen molar-refractivity contribution >= 4 is 15.9 Å². The fourth-order valence-electron chi connectivity index (χ4n) is 3.15. The van der Waals surface area contributed by atoms with Crippen molar-refractivity contribution in [1.82, 2.24) is 4.90 Å².